The molecule has 72 valence electrons. The Morgan fingerprint density at radius 1 is 1.38 bits per heavy atom. The van der Waals surface area contributed by atoms with E-state index in [1.165, 1.54) is 16.7 Å². The molecule has 0 bridgehead atoms. The maximum absolute atomic E-state index is 4.99. The smallest absolute Gasteiger partial charge is 0.0720 e. The quantitative estimate of drug-likeness (QED) is 0.829. The van der Waals surface area contributed by atoms with Crippen molar-refractivity contribution in [3.05, 3.63) is 33.3 Å². The lowest BCUT2D eigenvalue weighted by Gasteiger charge is -2.08. The van der Waals surface area contributed by atoms with Crippen molar-refractivity contribution in [2.75, 3.05) is 6.61 Å². The summed E-state index contributed by atoms with van der Waals surface area (Å²) in [6.07, 6.45) is 0.847. The van der Waals surface area contributed by atoms with Gasteiger partial charge in [-0.05, 0) is 31.4 Å². The molecule has 0 aliphatic rings. The third-order valence-corrected chi connectivity index (χ3v) is 3.10. The van der Waals surface area contributed by atoms with Crippen molar-refractivity contribution in [1.29, 1.82) is 0 Å². The summed E-state index contributed by atoms with van der Waals surface area (Å²) < 4.78 is 1.16. The Balaban J connectivity index is 2.92. The van der Waals surface area contributed by atoms with Crippen molar-refractivity contribution in [3.63, 3.8) is 0 Å². The molecule has 1 rings (SSSR count). The van der Waals surface area contributed by atoms with Crippen LogP contribution in [-0.2, 0) is 11.3 Å². The van der Waals surface area contributed by atoms with Crippen LogP contribution in [0.15, 0.2) is 16.6 Å². The van der Waals surface area contributed by atoms with Gasteiger partial charge in [0.25, 0.3) is 0 Å². The maximum Gasteiger partial charge on any atom is 0.0720 e. The van der Waals surface area contributed by atoms with E-state index in [9.17, 15) is 0 Å². The Morgan fingerprint density at radius 3 is 2.69 bits per heavy atom. The van der Waals surface area contributed by atoms with E-state index < -0.39 is 0 Å². The van der Waals surface area contributed by atoms with Crippen LogP contribution in [0.25, 0.3) is 0 Å². The molecular formula is C10H14BrNO. The van der Waals surface area contributed by atoms with Crippen molar-refractivity contribution in [1.82, 2.24) is 0 Å². The third kappa shape index (κ3) is 2.79. The first-order valence-electron chi connectivity index (χ1n) is 4.22. The average Bonchev–Trinajstić information content (AvgIpc) is 2.09. The first-order valence-corrected chi connectivity index (χ1v) is 5.01. The van der Waals surface area contributed by atoms with Crippen LogP contribution in [0.2, 0.25) is 0 Å². The van der Waals surface area contributed by atoms with E-state index in [4.69, 9.17) is 5.90 Å². The number of aryl methyl sites for hydroxylation is 2. The molecule has 0 radical (unpaired) electrons. The lowest BCUT2D eigenvalue weighted by molar-refractivity contribution is 0.141. The van der Waals surface area contributed by atoms with E-state index in [-0.39, 0.29) is 0 Å². The summed E-state index contributed by atoms with van der Waals surface area (Å²) in [5.41, 5.74) is 3.78. The van der Waals surface area contributed by atoms with Crippen molar-refractivity contribution in [3.8, 4) is 0 Å². The summed E-state index contributed by atoms with van der Waals surface area (Å²) in [4.78, 5) is 4.56. The molecule has 0 heterocycles. The fourth-order valence-electron chi connectivity index (χ4n) is 1.39. The zero-order valence-electron chi connectivity index (χ0n) is 7.93. The highest BCUT2D eigenvalue weighted by molar-refractivity contribution is 9.10. The Bertz CT molecular complexity index is 299. The van der Waals surface area contributed by atoms with Gasteiger partial charge in [0.05, 0.1) is 6.61 Å². The van der Waals surface area contributed by atoms with Gasteiger partial charge in [0.1, 0.15) is 0 Å². The molecule has 3 heteroatoms. The fraction of sp³-hybridized carbons (Fsp3) is 0.400. The number of rotatable bonds is 3. The van der Waals surface area contributed by atoms with E-state index >= 15 is 0 Å². The minimum atomic E-state index is 0.557. The van der Waals surface area contributed by atoms with Gasteiger partial charge in [0.15, 0.2) is 0 Å². The summed E-state index contributed by atoms with van der Waals surface area (Å²) >= 11 is 3.55. The molecule has 1 aromatic rings. The highest BCUT2D eigenvalue weighted by atomic mass is 79.9. The van der Waals surface area contributed by atoms with Gasteiger partial charge in [-0.25, -0.2) is 5.90 Å². The lowest BCUT2D eigenvalue weighted by Crippen LogP contribution is -2.04. The molecule has 0 spiro atoms. The third-order valence-electron chi connectivity index (χ3n) is 1.96. The average molecular weight is 244 g/mol. The molecule has 2 N–H and O–H groups in total. The first kappa shape index (κ1) is 10.7. The van der Waals surface area contributed by atoms with Crippen LogP contribution in [0, 0.1) is 13.8 Å². The largest absolute Gasteiger partial charge is 0.304 e. The van der Waals surface area contributed by atoms with E-state index in [0.717, 1.165) is 10.9 Å². The van der Waals surface area contributed by atoms with Crippen molar-refractivity contribution < 1.29 is 4.84 Å². The summed E-state index contributed by atoms with van der Waals surface area (Å²) in [7, 11) is 0. The van der Waals surface area contributed by atoms with Crippen LogP contribution in [0.5, 0.6) is 0 Å². The standard InChI is InChI=1S/C10H14BrNO/c1-7-5-8(2)10(11)9(6-7)3-4-13-12/h5-6H,3-4,12H2,1-2H3. The molecule has 0 saturated carbocycles. The predicted octanol–water partition coefficient (Wildman–Crippen LogP) is 2.50. The molecule has 2 nitrogen and oxygen atoms in total. The monoisotopic (exact) mass is 243 g/mol. The molecule has 0 aliphatic carbocycles. The number of halogens is 1. The molecule has 0 unspecified atom stereocenters. The molecular weight excluding hydrogens is 230 g/mol. The number of hydrogen-bond acceptors (Lipinski definition) is 2. The molecule has 0 atom stereocenters. The minimum absolute atomic E-state index is 0.557. The summed E-state index contributed by atoms with van der Waals surface area (Å²) in [5, 5.41) is 0. The van der Waals surface area contributed by atoms with Gasteiger partial charge in [-0.2, -0.15) is 0 Å². The summed E-state index contributed by atoms with van der Waals surface area (Å²) in [5.74, 6) is 4.99. The van der Waals surface area contributed by atoms with Crippen LogP contribution >= 0.6 is 15.9 Å². The highest BCUT2D eigenvalue weighted by Crippen LogP contribution is 2.23. The van der Waals surface area contributed by atoms with Crippen LogP contribution in [0.1, 0.15) is 16.7 Å². The molecule has 0 aromatic heterocycles. The second-order valence-corrected chi connectivity index (χ2v) is 3.97. The van der Waals surface area contributed by atoms with Gasteiger partial charge in [-0.15, -0.1) is 0 Å². The number of hydrogen-bond donors (Lipinski definition) is 1. The Labute approximate surface area is 87.2 Å². The topological polar surface area (TPSA) is 35.2 Å². The normalized spacial score (nSPS) is 10.5. The molecule has 13 heavy (non-hydrogen) atoms. The second kappa shape index (κ2) is 4.74. The zero-order valence-corrected chi connectivity index (χ0v) is 9.52. The Hall–Kier alpha value is -0.380. The van der Waals surface area contributed by atoms with Gasteiger partial charge >= 0.3 is 0 Å². The van der Waals surface area contributed by atoms with Gasteiger partial charge in [0.2, 0.25) is 0 Å². The van der Waals surface area contributed by atoms with E-state index in [1.54, 1.807) is 0 Å². The van der Waals surface area contributed by atoms with E-state index in [0.29, 0.717) is 6.61 Å². The first-order chi connectivity index (χ1) is 6.15. The highest BCUT2D eigenvalue weighted by Gasteiger charge is 2.03. The summed E-state index contributed by atoms with van der Waals surface area (Å²) in [6.45, 7) is 4.73. The second-order valence-electron chi connectivity index (χ2n) is 3.18. The number of nitrogens with two attached hydrogens (primary N) is 1. The molecule has 0 fully saturated rings. The van der Waals surface area contributed by atoms with Gasteiger partial charge < -0.3 is 4.84 Å². The van der Waals surface area contributed by atoms with Crippen molar-refractivity contribution in [2.24, 2.45) is 5.90 Å². The van der Waals surface area contributed by atoms with Gasteiger partial charge in [-0.1, -0.05) is 33.6 Å². The zero-order chi connectivity index (χ0) is 9.84. The van der Waals surface area contributed by atoms with Crippen LogP contribution < -0.4 is 5.90 Å². The van der Waals surface area contributed by atoms with Gasteiger partial charge in [0, 0.05) is 4.47 Å². The van der Waals surface area contributed by atoms with Crippen LogP contribution in [0.4, 0.5) is 0 Å². The minimum Gasteiger partial charge on any atom is -0.304 e. The lowest BCUT2D eigenvalue weighted by atomic mass is 10.1. The maximum atomic E-state index is 4.99. The van der Waals surface area contributed by atoms with Crippen molar-refractivity contribution >= 4 is 15.9 Å². The van der Waals surface area contributed by atoms with E-state index in [2.05, 4.69) is 46.7 Å². The van der Waals surface area contributed by atoms with Crippen LogP contribution in [-0.4, -0.2) is 6.61 Å². The molecule has 0 amide bonds. The van der Waals surface area contributed by atoms with Crippen molar-refractivity contribution in [2.45, 2.75) is 20.3 Å². The predicted molar refractivity (Wildman–Crippen MR) is 57.5 cm³/mol. The molecule has 1 aromatic carbocycles. The number of benzene rings is 1. The van der Waals surface area contributed by atoms with Crippen LogP contribution in [0.3, 0.4) is 0 Å². The Kier molecular flexibility index (Phi) is 3.90. The molecule has 0 aliphatic heterocycles. The Morgan fingerprint density at radius 2 is 2.08 bits per heavy atom. The molecule has 0 saturated heterocycles. The van der Waals surface area contributed by atoms with Gasteiger partial charge in [-0.3, -0.25) is 0 Å². The fourth-order valence-corrected chi connectivity index (χ4v) is 1.82. The van der Waals surface area contributed by atoms with E-state index in [1.807, 2.05) is 0 Å². The summed E-state index contributed by atoms with van der Waals surface area (Å²) in [6, 6.07) is 4.30. The SMILES string of the molecule is Cc1cc(C)c(Br)c(CCON)c1.